The van der Waals surface area contributed by atoms with E-state index in [1.54, 1.807) is 12.1 Å². The number of thiophene rings is 1. The number of nitrogens with one attached hydrogen (secondary N) is 2. The molecule has 1 fully saturated rings. The Labute approximate surface area is 130 Å². The molecule has 0 radical (unpaired) electrons. The van der Waals surface area contributed by atoms with Crippen molar-refractivity contribution in [2.24, 2.45) is 0 Å². The van der Waals surface area contributed by atoms with Crippen LogP contribution < -0.4 is 10.6 Å². The number of imide groups is 1. The smallest absolute Gasteiger partial charge is 0.325 e. The van der Waals surface area contributed by atoms with Crippen LogP contribution in [0.4, 0.5) is 9.59 Å². The van der Waals surface area contributed by atoms with Gasteiger partial charge in [-0.1, -0.05) is 6.07 Å². The van der Waals surface area contributed by atoms with Crippen molar-refractivity contribution in [3.63, 3.8) is 0 Å². The zero-order valence-electron chi connectivity index (χ0n) is 11.6. The molecule has 0 saturated carbocycles. The summed E-state index contributed by atoms with van der Waals surface area (Å²) in [6, 6.07) is 4.29. The molecule has 1 aliphatic rings. The number of furan rings is 1. The van der Waals surface area contributed by atoms with E-state index in [1.165, 1.54) is 23.9 Å². The molecular formula is C14H15N3O4S. The molecule has 8 heteroatoms. The highest BCUT2D eigenvalue weighted by molar-refractivity contribution is 7.10. The number of urea groups is 2. The Bertz CT molecular complexity index is 619. The fourth-order valence-corrected chi connectivity index (χ4v) is 3.16. The summed E-state index contributed by atoms with van der Waals surface area (Å²) in [5.41, 5.74) is -0.853. The van der Waals surface area contributed by atoms with Gasteiger partial charge >= 0.3 is 12.1 Å². The highest BCUT2D eigenvalue weighted by Gasteiger charge is 2.35. The molecule has 3 rings (SSSR count). The third-order valence-corrected chi connectivity index (χ3v) is 4.55. The molecule has 1 saturated heterocycles. The largest absolute Gasteiger partial charge is 0.472 e. The van der Waals surface area contributed by atoms with Gasteiger partial charge in [-0.2, -0.15) is 0 Å². The van der Waals surface area contributed by atoms with Crippen LogP contribution in [-0.2, 0) is 5.60 Å². The quantitative estimate of drug-likeness (QED) is 0.791. The van der Waals surface area contributed by atoms with E-state index < -0.39 is 17.7 Å². The molecule has 1 unspecified atom stereocenters. The van der Waals surface area contributed by atoms with Gasteiger partial charge in [-0.25, -0.2) is 14.5 Å². The van der Waals surface area contributed by atoms with Crippen molar-refractivity contribution in [2.45, 2.75) is 5.60 Å². The van der Waals surface area contributed by atoms with Gasteiger partial charge in [0.05, 0.1) is 19.1 Å². The Kier molecular flexibility index (Phi) is 3.86. The number of aliphatic hydroxyl groups is 1. The van der Waals surface area contributed by atoms with Crippen LogP contribution in [0, 0.1) is 0 Å². The summed E-state index contributed by atoms with van der Waals surface area (Å²) in [6.45, 7) is 0.687. The molecule has 7 nitrogen and oxygen atoms in total. The van der Waals surface area contributed by atoms with Crippen LogP contribution in [0.2, 0.25) is 0 Å². The minimum absolute atomic E-state index is 0.0599. The Morgan fingerprint density at radius 2 is 2.41 bits per heavy atom. The average molecular weight is 321 g/mol. The van der Waals surface area contributed by atoms with Crippen molar-refractivity contribution in [2.75, 3.05) is 19.6 Å². The first-order valence-corrected chi connectivity index (χ1v) is 7.61. The molecule has 4 amide bonds. The van der Waals surface area contributed by atoms with Gasteiger partial charge in [-0.3, -0.25) is 0 Å². The minimum atomic E-state index is -1.40. The van der Waals surface area contributed by atoms with E-state index in [1.807, 2.05) is 11.4 Å². The molecule has 1 aliphatic heterocycles. The van der Waals surface area contributed by atoms with Crippen molar-refractivity contribution in [3.8, 4) is 0 Å². The SMILES string of the molecule is O=C1NCCN1C(=O)NCC(O)(c1ccoc1)c1cccs1. The lowest BCUT2D eigenvalue weighted by Crippen LogP contribution is -2.47. The molecule has 3 N–H and O–H groups in total. The second-order valence-corrected chi connectivity index (χ2v) is 5.84. The van der Waals surface area contributed by atoms with Crippen LogP contribution in [0.5, 0.6) is 0 Å². The highest BCUT2D eigenvalue weighted by Crippen LogP contribution is 2.32. The third kappa shape index (κ3) is 2.58. The van der Waals surface area contributed by atoms with E-state index in [2.05, 4.69) is 10.6 Å². The Morgan fingerprint density at radius 3 is 3.00 bits per heavy atom. The maximum Gasteiger partial charge on any atom is 0.325 e. The predicted molar refractivity (Wildman–Crippen MR) is 79.5 cm³/mol. The first kappa shape index (κ1) is 14.6. The number of rotatable bonds is 4. The van der Waals surface area contributed by atoms with Crippen molar-refractivity contribution >= 4 is 23.4 Å². The van der Waals surface area contributed by atoms with Gasteiger partial charge in [0.2, 0.25) is 0 Å². The normalized spacial score (nSPS) is 17.1. The van der Waals surface area contributed by atoms with Crippen LogP contribution in [0.25, 0.3) is 0 Å². The van der Waals surface area contributed by atoms with E-state index in [4.69, 9.17) is 4.42 Å². The molecule has 2 aromatic heterocycles. The van der Waals surface area contributed by atoms with Crippen LogP contribution >= 0.6 is 11.3 Å². The van der Waals surface area contributed by atoms with Gasteiger partial charge in [-0.05, 0) is 17.5 Å². The first-order valence-electron chi connectivity index (χ1n) is 6.73. The monoisotopic (exact) mass is 321 g/mol. The van der Waals surface area contributed by atoms with Gasteiger partial charge in [0.15, 0.2) is 0 Å². The fourth-order valence-electron chi connectivity index (χ4n) is 2.31. The summed E-state index contributed by atoms with van der Waals surface area (Å²) in [4.78, 5) is 25.3. The molecule has 3 heterocycles. The van der Waals surface area contributed by atoms with E-state index in [0.717, 1.165) is 4.90 Å². The standard InChI is InChI=1S/C14H15N3O4S/c18-12-15-4-5-17(12)13(19)16-9-14(20,10-3-6-21-8-10)11-2-1-7-22-11/h1-3,6-8,20H,4-5,9H2,(H,15,18)(H,16,19). The summed E-state index contributed by atoms with van der Waals surface area (Å²) in [6.07, 6.45) is 2.90. The summed E-state index contributed by atoms with van der Waals surface area (Å²) in [5, 5.41) is 18.0. The van der Waals surface area contributed by atoms with E-state index in [0.29, 0.717) is 23.5 Å². The van der Waals surface area contributed by atoms with Gasteiger partial charge in [0, 0.05) is 23.5 Å². The van der Waals surface area contributed by atoms with Crippen molar-refractivity contribution in [3.05, 3.63) is 46.5 Å². The topological polar surface area (TPSA) is 94.8 Å². The van der Waals surface area contributed by atoms with Crippen LogP contribution in [-0.4, -0.2) is 41.7 Å². The molecule has 0 aromatic carbocycles. The summed E-state index contributed by atoms with van der Waals surface area (Å²) < 4.78 is 5.04. The highest BCUT2D eigenvalue weighted by atomic mass is 32.1. The second kappa shape index (κ2) is 5.82. The zero-order chi connectivity index (χ0) is 15.6. The lowest BCUT2D eigenvalue weighted by molar-refractivity contribution is 0.0837. The van der Waals surface area contributed by atoms with E-state index >= 15 is 0 Å². The van der Waals surface area contributed by atoms with E-state index in [-0.39, 0.29) is 6.54 Å². The number of hydrogen-bond donors (Lipinski definition) is 3. The van der Waals surface area contributed by atoms with Gasteiger partial charge in [-0.15, -0.1) is 11.3 Å². The molecule has 0 aliphatic carbocycles. The summed E-state index contributed by atoms with van der Waals surface area (Å²) in [7, 11) is 0. The fraction of sp³-hybridized carbons (Fsp3) is 0.286. The second-order valence-electron chi connectivity index (χ2n) is 4.89. The predicted octanol–water partition coefficient (Wildman–Crippen LogP) is 1.31. The van der Waals surface area contributed by atoms with Crippen molar-refractivity contribution in [1.29, 1.82) is 0 Å². The lowest BCUT2D eigenvalue weighted by atomic mass is 9.94. The van der Waals surface area contributed by atoms with Crippen LogP contribution in [0.1, 0.15) is 10.4 Å². The Hall–Kier alpha value is -2.32. The van der Waals surface area contributed by atoms with Crippen LogP contribution in [0.15, 0.2) is 40.5 Å². The zero-order valence-corrected chi connectivity index (χ0v) is 12.4. The number of amides is 4. The minimum Gasteiger partial charge on any atom is -0.472 e. The third-order valence-electron chi connectivity index (χ3n) is 3.52. The Balaban J connectivity index is 1.77. The molecular weight excluding hydrogens is 306 g/mol. The molecule has 2 aromatic rings. The molecule has 116 valence electrons. The van der Waals surface area contributed by atoms with Crippen LogP contribution in [0.3, 0.4) is 0 Å². The van der Waals surface area contributed by atoms with Crippen molar-refractivity contribution < 1.29 is 19.1 Å². The average Bonchev–Trinajstić information content (AvgIpc) is 3.24. The number of nitrogens with zero attached hydrogens (tertiary/aromatic N) is 1. The molecule has 0 bridgehead atoms. The lowest BCUT2D eigenvalue weighted by Gasteiger charge is -2.27. The maximum atomic E-state index is 12.1. The van der Waals surface area contributed by atoms with Gasteiger partial charge in [0.1, 0.15) is 5.60 Å². The first-order chi connectivity index (χ1) is 10.6. The molecule has 1 atom stereocenters. The maximum absolute atomic E-state index is 12.1. The van der Waals surface area contributed by atoms with Gasteiger partial charge < -0.3 is 20.2 Å². The summed E-state index contributed by atoms with van der Waals surface area (Å²) in [5.74, 6) is 0. The molecule has 0 spiro atoms. The number of hydrogen-bond acceptors (Lipinski definition) is 5. The summed E-state index contributed by atoms with van der Waals surface area (Å²) >= 11 is 1.38. The van der Waals surface area contributed by atoms with E-state index in [9.17, 15) is 14.7 Å². The van der Waals surface area contributed by atoms with Gasteiger partial charge in [0.25, 0.3) is 0 Å². The number of carbonyl (C=O) groups excluding carboxylic acids is 2. The number of carbonyl (C=O) groups is 2. The van der Waals surface area contributed by atoms with Crippen molar-refractivity contribution in [1.82, 2.24) is 15.5 Å². The molecule has 22 heavy (non-hydrogen) atoms. The Morgan fingerprint density at radius 1 is 1.55 bits per heavy atom.